The summed E-state index contributed by atoms with van der Waals surface area (Å²) in [5, 5.41) is 0.591. The molecule has 0 bridgehead atoms. The lowest BCUT2D eigenvalue weighted by molar-refractivity contribution is 0.107. The molecule has 1 unspecified atom stereocenters. The lowest BCUT2D eigenvalue weighted by atomic mass is 10.0. The third kappa shape index (κ3) is 3.45. The lowest BCUT2D eigenvalue weighted by Crippen LogP contribution is -2.10. The van der Waals surface area contributed by atoms with Gasteiger partial charge in [0.05, 0.1) is 5.56 Å². The number of hydrogen-bond acceptors (Lipinski definition) is 2. The Balaban J connectivity index is 2.07. The highest BCUT2D eigenvalue weighted by atomic mass is 31.1. The molecule has 0 N–H and O–H groups in total. The number of carbonyl (C=O) groups is 1. The van der Waals surface area contributed by atoms with E-state index in [0.717, 1.165) is 27.8 Å². The Morgan fingerprint density at radius 2 is 1.36 bits per heavy atom. The van der Waals surface area contributed by atoms with Crippen molar-refractivity contribution in [2.75, 3.05) is 0 Å². The van der Waals surface area contributed by atoms with Gasteiger partial charge in [-0.15, -0.1) is 0 Å². The van der Waals surface area contributed by atoms with E-state index in [9.17, 15) is 9.36 Å². The van der Waals surface area contributed by atoms with Crippen LogP contribution in [0.2, 0.25) is 0 Å². The van der Waals surface area contributed by atoms with Crippen molar-refractivity contribution in [3.05, 3.63) is 89.0 Å². The number of carbonyl (C=O) groups excluding carboxylic acids is 1. The summed E-state index contributed by atoms with van der Waals surface area (Å²) in [7, 11) is -2.19. The number of hydrogen-bond donors (Lipinski definition) is 0. The fraction of sp³-hybridized carbons (Fsp3) is 0.136. The third-order valence-electron chi connectivity index (χ3n) is 4.28. The van der Waals surface area contributed by atoms with Crippen LogP contribution in [0.5, 0.6) is 0 Å². The Kier molecular flexibility index (Phi) is 4.92. The molecule has 0 aromatic heterocycles. The summed E-state index contributed by atoms with van der Waals surface area (Å²) in [5.41, 5.74) is 4.95. The molecule has 0 aliphatic carbocycles. The Labute approximate surface area is 149 Å². The van der Waals surface area contributed by atoms with Crippen molar-refractivity contribution in [3.8, 4) is 11.1 Å². The molecule has 0 heterocycles. The molecule has 0 saturated heterocycles. The van der Waals surface area contributed by atoms with Crippen LogP contribution in [0.15, 0.2) is 66.7 Å². The van der Waals surface area contributed by atoms with Crippen molar-refractivity contribution in [2.45, 2.75) is 20.8 Å². The van der Waals surface area contributed by atoms with E-state index in [1.165, 1.54) is 0 Å². The van der Waals surface area contributed by atoms with Gasteiger partial charge in [0.2, 0.25) is 5.30 Å². The van der Waals surface area contributed by atoms with Crippen LogP contribution in [-0.2, 0) is 4.57 Å². The zero-order valence-electron chi connectivity index (χ0n) is 14.6. The molecule has 3 rings (SSSR count). The predicted octanol–water partition coefficient (Wildman–Crippen LogP) is 5.57. The van der Waals surface area contributed by atoms with Gasteiger partial charge in [-0.1, -0.05) is 64.7 Å². The summed E-state index contributed by atoms with van der Waals surface area (Å²) in [4.78, 5) is 13.0. The van der Waals surface area contributed by atoms with Crippen LogP contribution in [0.3, 0.4) is 0 Å². The van der Waals surface area contributed by atoms with Gasteiger partial charge in [0.1, 0.15) is 0 Å². The van der Waals surface area contributed by atoms with Crippen molar-refractivity contribution >= 4 is 18.6 Å². The normalized spacial score (nSPS) is 11.2. The Morgan fingerprint density at radius 1 is 0.800 bits per heavy atom. The van der Waals surface area contributed by atoms with Crippen LogP contribution < -0.4 is 5.30 Å². The minimum atomic E-state index is -2.19. The summed E-state index contributed by atoms with van der Waals surface area (Å²) >= 11 is 0. The van der Waals surface area contributed by atoms with Crippen LogP contribution in [-0.4, -0.2) is 5.52 Å². The lowest BCUT2D eigenvalue weighted by Gasteiger charge is -2.06. The van der Waals surface area contributed by atoms with Crippen molar-refractivity contribution in [3.63, 3.8) is 0 Å². The summed E-state index contributed by atoms with van der Waals surface area (Å²) < 4.78 is 13.1. The quantitative estimate of drug-likeness (QED) is 0.578. The van der Waals surface area contributed by atoms with Crippen molar-refractivity contribution in [1.82, 2.24) is 0 Å². The average molecular weight is 347 g/mol. The van der Waals surface area contributed by atoms with E-state index in [0.29, 0.717) is 10.9 Å². The highest BCUT2D eigenvalue weighted by Crippen LogP contribution is 2.34. The molecule has 0 aliphatic heterocycles. The average Bonchev–Trinajstić information content (AvgIpc) is 2.61. The first-order chi connectivity index (χ1) is 12.0. The molecule has 0 spiro atoms. The van der Waals surface area contributed by atoms with E-state index in [2.05, 4.69) is 0 Å². The second-order valence-corrected chi connectivity index (χ2v) is 7.73. The number of rotatable bonds is 4. The van der Waals surface area contributed by atoms with Gasteiger partial charge in [0, 0.05) is 5.56 Å². The molecule has 3 aromatic rings. The van der Waals surface area contributed by atoms with E-state index >= 15 is 0 Å². The molecule has 3 aromatic carbocycles. The predicted molar refractivity (Wildman–Crippen MR) is 104 cm³/mol. The van der Waals surface area contributed by atoms with E-state index in [4.69, 9.17) is 0 Å². The van der Waals surface area contributed by atoms with Crippen molar-refractivity contribution in [2.24, 2.45) is 0 Å². The summed E-state index contributed by atoms with van der Waals surface area (Å²) in [6.07, 6.45) is 0. The van der Waals surface area contributed by atoms with Crippen LogP contribution >= 0.6 is 7.80 Å². The van der Waals surface area contributed by atoms with Gasteiger partial charge in [-0.3, -0.25) is 0 Å². The second kappa shape index (κ2) is 7.13. The topological polar surface area (TPSA) is 34.1 Å². The molecule has 0 saturated carbocycles. The van der Waals surface area contributed by atoms with E-state index < -0.39 is 7.80 Å². The van der Waals surface area contributed by atoms with Crippen molar-refractivity contribution in [1.29, 1.82) is 0 Å². The molecular formula is C22H20O2P+. The van der Waals surface area contributed by atoms with Gasteiger partial charge in [-0.25, -0.2) is 4.79 Å². The van der Waals surface area contributed by atoms with E-state index in [1.807, 2.05) is 81.4 Å². The molecule has 0 amide bonds. The van der Waals surface area contributed by atoms with E-state index in [-0.39, 0.29) is 5.52 Å². The maximum absolute atomic E-state index is 13.1. The third-order valence-corrected chi connectivity index (χ3v) is 5.70. The molecular weight excluding hydrogens is 327 g/mol. The van der Waals surface area contributed by atoms with Crippen LogP contribution in [0.1, 0.15) is 27.0 Å². The first kappa shape index (κ1) is 17.3. The number of benzene rings is 3. The van der Waals surface area contributed by atoms with Gasteiger partial charge in [0.25, 0.3) is 0 Å². The minimum absolute atomic E-state index is 0.298. The number of aryl methyl sites for hydroxylation is 3. The molecule has 2 nitrogen and oxygen atoms in total. The maximum Gasteiger partial charge on any atom is 0.459 e. The molecule has 0 radical (unpaired) electrons. The first-order valence-corrected chi connectivity index (χ1v) is 9.49. The van der Waals surface area contributed by atoms with Gasteiger partial charge in [-0.2, -0.15) is 0 Å². The fourth-order valence-electron chi connectivity index (χ4n) is 3.24. The van der Waals surface area contributed by atoms with Crippen LogP contribution in [0, 0.1) is 20.8 Å². The summed E-state index contributed by atoms with van der Waals surface area (Å²) in [6, 6.07) is 21.1. The van der Waals surface area contributed by atoms with Gasteiger partial charge < -0.3 is 0 Å². The molecule has 25 heavy (non-hydrogen) atoms. The van der Waals surface area contributed by atoms with Gasteiger partial charge in [-0.05, 0) is 49.6 Å². The summed E-state index contributed by atoms with van der Waals surface area (Å²) in [5.74, 6) is 0. The molecule has 0 aliphatic rings. The van der Waals surface area contributed by atoms with Gasteiger partial charge >= 0.3 is 13.3 Å². The second-order valence-electron chi connectivity index (χ2n) is 6.26. The smallest absolute Gasteiger partial charge is 0.234 e. The fourth-order valence-corrected chi connectivity index (χ4v) is 4.66. The van der Waals surface area contributed by atoms with Crippen LogP contribution in [0.25, 0.3) is 11.1 Å². The van der Waals surface area contributed by atoms with Gasteiger partial charge in [0.15, 0.2) is 0 Å². The van der Waals surface area contributed by atoms with E-state index in [1.54, 1.807) is 6.07 Å². The summed E-state index contributed by atoms with van der Waals surface area (Å²) in [6.45, 7) is 5.80. The Bertz CT molecular complexity index is 936. The zero-order chi connectivity index (χ0) is 18.0. The largest absolute Gasteiger partial charge is 0.459 e. The zero-order valence-corrected chi connectivity index (χ0v) is 15.5. The minimum Gasteiger partial charge on any atom is -0.234 e. The van der Waals surface area contributed by atoms with Crippen molar-refractivity contribution < 1.29 is 9.36 Å². The molecule has 0 fully saturated rings. The molecule has 124 valence electrons. The highest BCUT2D eigenvalue weighted by Gasteiger charge is 2.36. The Hall–Kier alpha value is -2.57. The molecule has 3 heteroatoms. The van der Waals surface area contributed by atoms with Crippen LogP contribution in [0.4, 0.5) is 0 Å². The standard InChI is InChI=1S/C22H20O2P/c1-15-13-16(2)21(17(3)14-15)22(23)25(24)20-12-8-7-11-19(20)18-9-5-4-6-10-18/h4-14H,1-3H3/q+1. The molecule has 1 atom stereocenters. The maximum atomic E-state index is 13.1. The highest BCUT2D eigenvalue weighted by molar-refractivity contribution is 7.71. The monoisotopic (exact) mass is 347 g/mol. The Morgan fingerprint density at radius 3 is 2.00 bits per heavy atom. The first-order valence-electron chi connectivity index (χ1n) is 8.23. The SMILES string of the molecule is Cc1cc(C)c(C(=O)[P+](=O)c2ccccc2-c2ccccc2)c(C)c1.